The molecule has 6 nitrogen and oxygen atoms in total. The molecule has 6 heteroatoms. The summed E-state index contributed by atoms with van der Waals surface area (Å²) in [5, 5.41) is 2.98. The SMILES string of the molecule is CC(=O)N1CCN(c2ccc(C(=O)Nc3c(C)cccc3C)cn2)CC1. The molecule has 136 valence electrons. The smallest absolute Gasteiger partial charge is 0.257 e. The molecule has 0 unspecified atom stereocenters. The second-order valence-corrected chi connectivity index (χ2v) is 6.62. The molecule has 1 saturated heterocycles. The molecular weight excluding hydrogens is 328 g/mol. The van der Waals surface area contributed by atoms with Gasteiger partial charge in [-0.1, -0.05) is 18.2 Å². The van der Waals surface area contributed by atoms with Gasteiger partial charge in [-0.3, -0.25) is 9.59 Å². The minimum absolute atomic E-state index is 0.108. The van der Waals surface area contributed by atoms with Crippen molar-refractivity contribution in [1.82, 2.24) is 9.88 Å². The Balaban J connectivity index is 1.66. The van der Waals surface area contributed by atoms with Gasteiger partial charge in [-0.2, -0.15) is 0 Å². The van der Waals surface area contributed by atoms with Crippen molar-refractivity contribution in [3.63, 3.8) is 0 Å². The van der Waals surface area contributed by atoms with Gasteiger partial charge >= 0.3 is 0 Å². The second kappa shape index (κ2) is 7.56. The molecule has 0 bridgehead atoms. The van der Waals surface area contributed by atoms with Crippen molar-refractivity contribution in [3.05, 3.63) is 53.2 Å². The van der Waals surface area contributed by atoms with Crippen LogP contribution in [-0.2, 0) is 4.79 Å². The lowest BCUT2D eigenvalue weighted by molar-refractivity contribution is -0.129. The van der Waals surface area contributed by atoms with Crippen LogP contribution >= 0.6 is 0 Å². The molecule has 0 aliphatic carbocycles. The Morgan fingerprint density at radius 1 is 1.00 bits per heavy atom. The Morgan fingerprint density at radius 3 is 2.19 bits per heavy atom. The average Bonchev–Trinajstić information content (AvgIpc) is 2.65. The van der Waals surface area contributed by atoms with Gasteiger partial charge in [0.25, 0.3) is 5.91 Å². The summed E-state index contributed by atoms with van der Waals surface area (Å²) in [5.74, 6) is 0.774. The van der Waals surface area contributed by atoms with Crippen LogP contribution < -0.4 is 10.2 Å². The van der Waals surface area contributed by atoms with Crippen LogP contribution in [0.1, 0.15) is 28.4 Å². The molecule has 2 aromatic rings. The van der Waals surface area contributed by atoms with Gasteiger partial charge in [-0.25, -0.2) is 4.98 Å². The van der Waals surface area contributed by atoms with Crippen molar-refractivity contribution in [2.45, 2.75) is 20.8 Å². The largest absolute Gasteiger partial charge is 0.353 e. The van der Waals surface area contributed by atoms with E-state index in [1.165, 1.54) is 0 Å². The minimum Gasteiger partial charge on any atom is -0.353 e. The van der Waals surface area contributed by atoms with Gasteiger partial charge in [-0.15, -0.1) is 0 Å². The molecule has 0 atom stereocenters. The molecular formula is C20H24N4O2. The Hall–Kier alpha value is -2.89. The molecule has 1 N–H and O–H groups in total. The number of hydrogen-bond donors (Lipinski definition) is 1. The number of benzene rings is 1. The first-order valence-electron chi connectivity index (χ1n) is 8.80. The second-order valence-electron chi connectivity index (χ2n) is 6.62. The predicted octanol–water partition coefficient (Wildman–Crippen LogP) is 2.62. The highest BCUT2D eigenvalue weighted by Crippen LogP contribution is 2.21. The minimum atomic E-state index is -0.164. The highest BCUT2D eigenvalue weighted by atomic mass is 16.2. The number of hydrogen-bond acceptors (Lipinski definition) is 4. The zero-order valence-corrected chi connectivity index (χ0v) is 15.5. The predicted molar refractivity (Wildman–Crippen MR) is 103 cm³/mol. The molecule has 1 fully saturated rings. The quantitative estimate of drug-likeness (QED) is 0.922. The maximum absolute atomic E-state index is 12.5. The van der Waals surface area contributed by atoms with Gasteiger partial charge in [0, 0.05) is 45.0 Å². The fourth-order valence-electron chi connectivity index (χ4n) is 3.16. The molecule has 26 heavy (non-hydrogen) atoms. The van der Waals surface area contributed by atoms with E-state index in [1.54, 1.807) is 19.2 Å². The number of nitrogens with zero attached hydrogens (tertiary/aromatic N) is 3. The van der Waals surface area contributed by atoms with Gasteiger partial charge in [0.1, 0.15) is 5.82 Å². The maximum Gasteiger partial charge on any atom is 0.257 e. The van der Waals surface area contributed by atoms with E-state index in [-0.39, 0.29) is 11.8 Å². The van der Waals surface area contributed by atoms with Crippen LogP contribution in [0.25, 0.3) is 0 Å². The number of amides is 2. The maximum atomic E-state index is 12.5. The number of carbonyl (C=O) groups is 2. The van der Waals surface area contributed by atoms with Crippen molar-refractivity contribution >= 4 is 23.3 Å². The van der Waals surface area contributed by atoms with Crippen molar-refractivity contribution in [2.24, 2.45) is 0 Å². The fourth-order valence-corrected chi connectivity index (χ4v) is 3.16. The van der Waals surface area contributed by atoms with E-state index in [0.717, 1.165) is 35.7 Å². The molecule has 1 aliphatic rings. The number of carbonyl (C=O) groups excluding carboxylic acids is 2. The van der Waals surface area contributed by atoms with Crippen LogP contribution in [0, 0.1) is 13.8 Å². The van der Waals surface area contributed by atoms with Gasteiger partial charge < -0.3 is 15.1 Å². The first-order chi connectivity index (χ1) is 12.5. The lowest BCUT2D eigenvalue weighted by atomic mass is 10.1. The molecule has 0 saturated carbocycles. The molecule has 3 rings (SSSR count). The molecule has 1 aromatic carbocycles. The Bertz CT molecular complexity index is 789. The number of pyridine rings is 1. The highest BCUT2D eigenvalue weighted by molar-refractivity contribution is 6.05. The summed E-state index contributed by atoms with van der Waals surface area (Å²) in [6.07, 6.45) is 1.61. The lowest BCUT2D eigenvalue weighted by Crippen LogP contribution is -2.48. The van der Waals surface area contributed by atoms with E-state index in [1.807, 2.05) is 43.0 Å². The van der Waals surface area contributed by atoms with Crippen LogP contribution in [0.5, 0.6) is 0 Å². The summed E-state index contributed by atoms with van der Waals surface area (Å²) < 4.78 is 0. The summed E-state index contributed by atoms with van der Waals surface area (Å²) in [7, 11) is 0. The number of piperazine rings is 1. The van der Waals surface area contributed by atoms with E-state index >= 15 is 0 Å². The van der Waals surface area contributed by atoms with E-state index in [9.17, 15) is 9.59 Å². The average molecular weight is 352 g/mol. The number of aromatic nitrogens is 1. The fraction of sp³-hybridized carbons (Fsp3) is 0.350. The summed E-state index contributed by atoms with van der Waals surface area (Å²) in [6, 6.07) is 9.59. The Kier molecular flexibility index (Phi) is 5.21. The third kappa shape index (κ3) is 3.85. The monoisotopic (exact) mass is 352 g/mol. The molecule has 0 radical (unpaired) electrons. The highest BCUT2D eigenvalue weighted by Gasteiger charge is 2.19. The van der Waals surface area contributed by atoms with Gasteiger partial charge in [-0.05, 0) is 37.1 Å². The first kappa shape index (κ1) is 17.9. The number of para-hydroxylation sites is 1. The van der Waals surface area contributed by atoms with Crippen LogP contribution in [0.15, 0.2) is 36.5 Å². The van der Waals surface area contributed by atoms with E-state index in [4.69, 9.17) is 0 Å². The summed E-state index contributed by atoms with van der Waals surface area (Å²) in [5.41, 5.74) is 3.44. The standard InChI is InChI=1S/C20H24N4O2/c1-14-5-4-6-15(2)19(14)22-20(26)17-7-8-18(21-13-17)24-11-9-23(10-12-24)16(3)25/h4-8,13H,9-12H2,1-3H3,(H,22,26). The van der Waals surface area contributed by atoms with Gasteiger partial charge in [0.2, 0.25) is 5.91 Å². The van der Waals surface area contributed by atoms with Crippen LogP contribution in [0.2, 0.25) is 0 Å². The van der Waals surface area contributed by atoms with E-state index in [2.05, 4.69) is 15.2 Å². The van der Waals surface area contributed by atoms with Crippen LogP contribution in [0.3, 0.4) is 0 Å². The molecule has 0 spiro atoms. The molecule has 2 heterocycles. The molecule has 2 amide bonds. The number of rotatable bonds is 3. The van der Waals surface area contributed by atoms with Crippen molar-refractivity contribution in [3.8, 4) is 0 Å². The summed E-state index contributed by atoms with van der Waals surface area (Å²) >= 11 is 0. The van der Waals surface area contributed by atoms with Crippen molar-refractivity contribution in [1.29, 1.82) is 0 Å². The zero-order valence-electron chi connectivity index (χ0n) is 15.5. The third-order valence-electron chi connectivity index (χ3n) is 4.78. The van der Waals surface area contributed by atoms with E-state index < -0.39 is 0 Å². The van der Waals surface area contributed by atoms with Crippen molar-refractivity contribution < 1.29 is 9.59 Å². The number of aryl methyl sites for hydroxylation is 2. The van der Waals surface area contributed by atoms with Crippen LogP contribution in [-0.4, -0.2) is 47.9 Å². The number of anilines is 2. The summed E-state index contributed by atoms with van der Waals surface area (Å²) in [6.45, 7) is 8.45. The molecule has 1 aromatic heterocycles. The van der Waals surface area contributed by atoms with Crippen molar-refractivity contribution in [2.75, 3.05) is 36.4 Å². The number of nitrogens with one attached hydrogen (secondary N) is 1. The van der Waals surface area contributed by atoms with Crippen LogP contribution in [0.4, 0.5) is 11.5 Å². The van der Waals surface area contributed by atoms with Gasteiger partial charge in [0.05, 0.1) is 5.56 Å². The first-order valence-corrected chi connectivity index (χ1v) is 8.80. The zero-order chi connectivity index (χ0) is 18.7. The summed E-state index contributed by atoms with van der Waals surface area (Å²) in [4.78, 5) is 32.3. The topological polar surface area (TPSA) is 65.5 Å². The van der Waals surface area contributed by atoms with Gasteiger partial charge in [0.15, 0.2) is 0 Å². The third-order valence-corrected chi connectivity index (χ3v) is 4.78. The lowest BCUT2D eigenvalue weighted by Gasteiger charge is -2.34. The molecule has 1 aliphatic heterocycles. The Labute approximate surface area is 153 Å². The normalized spacial score (nSPS) is 14.3. The Morgan fingerprint density at radius 2 is 1.65 bits per heavy atom. The van der Waals surface area contributed by atoms with E-state index in [0.29, 0.717) is 18.7 Å².